The third-order valence-electron chi connectivity index (χ3n) is 1.63. The van der Waals surface area contributed by atoms with Crippen molar-refractivity contribution in [3.8, 4) is 0 Å². The number of aromatic nitrogens is 1. The fourth-order valence-electron chi connectivity index (χ4n) is 0.942. The Bertz CT molecular complexity index is 333. The molecule has 0 aromatic carbocycles. The topological polar surface area (TPSA) is 52.3 Å². The molecular weight excluding hydrogens is 245 g/mol. The number of oxazole rings is 1. The number of carbonyl (C=O) groups is 1. The number of esters is 1. The van der Waals surface area contributed by atoms with Gasteiger partial charge in [0, 0.05) is 0 Å². The molecule has 14 heavy (non-hydrogen) atoms. The van der Waals surface area contributed by atoms with E-state index in [9.17, 15) is 4.79 Å². The van der Waals surface area contributed by atoms with Crippen LogP contribution in [0.4, 0.5) is 0 Å². The van der Waals surface area contributed by atoms with E-state index in [1.54, 1.807) is 6.92 Å². The van der Waals surface area contributed by atoms with E-state index in [2.05, 4.69) is 4.98 Å². The molecule has 0 spiro atoms. The van der Waals surface area contributed by atoms with Crippen molar-refractivity contribution in [3.63, 3.8) is 0 Å². The van der Waals surface area contributed by atoms with Crippen LogP contribution >= 0.6 is 0 Å². The predicted molar refractivity (Wildman–Crippen MR) is 54.7 cm³/mol. The van der Waals surface area contributed by atoms with Crippen LogP contribution in [0.25, 0.3) is 0 Å². The first-order chi connectivity index (χ1) is 6.56. The zero-order chi connectivity index (χ0) is 10.7. The minimum atomic E-state index is -0.400. The van der Waals surface area contributed by atoms with E-state index in [-0.39, 0.29) is 5.92 Å². The summed E-state index contributed by atoms with van der Waals surface area (Å²) in [7, 11) is 0. The molecule has 1 atom stereocenters. The molecule has 0 fully saturated rings. The quantitative estimate of drug-likeness (QED) is 0.576. The van der Waals surface area contributed by atoms with Crippen molar-refractivity contribution in [2.24, 2.45) is 0 Å². The van der Waals surface area contributed by atoms with Crippen LogP contribution in [0.5, 0.6) is 0 Å². The molecule has 0 amide bonds. The average molecular weight is 259 g/mol. The maximum atomic E-state index is 11.4. The standard InChI is InChI=1S/C9H14AsNO3/c1-4-13-9(12)6-7(10)14-8(11-6)5(2)3/h5H,4,10H2,1-3H3. The predicted octanol–water partition coefficient (Wildman–Crippen LogP) is 0.233. The molecule has 1 rings (SSSR count). The second-order valence-electron chi connectivity index (χ2n) is 3.14. The first kappa shape index (κ1) is 11.3. The first-order valence-electron chi connectivity index (χ1n) is 4.49. The van der Waals surface area contributed by atoms with Gasteiger partial charge in [-0.05, 0) is 0 Å². The zero-order valence-electron chi connectivity index (χ0n) is 8.53. The summed E-state index contributed by atoms with van der Waals surface area (Å²) in [5, 5.41) is 0. The van der Waals surface area contributed by atoms with E-state index in [4.69, 9.17) is 9.15 Å². The SMILES string of the molecule is CCOC(=O)c1nc(C(C)C)oc1[AsH2]. The fourth-order valence-corrected chi connectivity index (χ4v) is 1.58. The molecule has 0 aliphatic heterocycles. The van der Waals surface area contributed by atoms with Gasteiger partial charge in [-0.3, -0.25) is 0 Å². The van der Waals surface area contributed by atoms with Crippen molar-refractivity contribution in [1.82, 2.24) is 4.98 Å². The van der Waals surface area contributed by atoms with Crippen LogP contribution in [-0.4, -0.2) is 34.4 Å². The molecule has 0 aliphatic carbocycles. The summed E-state index contributed by atoms with van der Waals surface area (Å²) >= 11 is 1.24. The van der Waals surface area contributed by atoms with E-state index in [1.165, 1.54) is 16.9 Å². The van der Waals surface area contributed by atoms with Gasteiger partial charge in [0.25, 0.3) is 0 Å². The summed E-state index contributed by atoms with van der Waals surface area (Å²) in [6, 6.07) is 0. The van der Waals surface area contributed by atoms with Crippen molar-refractivity contribution >= 4 is 27.4 Å². The van der Waals surface area contributed by atoms with Gasteiger partial charge in [-0.25, -0.2) is 0 Å². The van der Waals surface area contributed by atoms with E-state index < -0.39 is 5.97 Å². The Morgan fingerprint density at radius 1 is 1.64 bits per heavy atom. The Morgan fingerprint density at radius 3 is 2.71 bits per heavy atom. The maximum absolute atomic E-state index is 11.4. The average Bonchev–Trinajstić information content (AvgIpc) is 2.48. The Kier molecular flexibility index (Phi) is 3.76. The monoisotopic (exact) mass is 259 g/mol. The molecule has 0 radical (unpaired) electrons. The van der Waals surface area contributed by atoms with Gasteiger partial charge in [0.15, 0.2) is 0 Å². The molecule has 0 N–H and O–H groups in total. The van der Waals surface area contributed by atoms with Crippen LogP contribution in [0.1, 0.15) is 43.1 Å². The molecule has 0 bridgehead atoms. The van der Waals surface area contributed by atoms with E-state index in [0.717, 1.165) is 0 Å². The molecule has 1 aromatic rings. The van der Waals surface area contributed by atoms with Gasteiger partial charge in [0.2, 0.25) is 0 Å². The molecule has 0 aliphatic rings. The second-order valence-corrected chi connectivity index (χ2v) is 4.24. The number of hydrogen-bond acceptors (Lipinski definition) is 4. The summed E-state index contributed by atoms with van der Waals surface area (Å²) in [6.07, 6.45) is 0. The van der Waals surface area contributed by atoms with Crippen LogP contribution in [0.2, 0.25) is 0 Å². The fraction of sp³-hybridized carbons (Fsp3) is 0.556. The normalized spacial score (nSPS) is 10.6. The molecule has 1 aromatic heterocycles. The number of ether oxygens (including phenoxy) is 1. The molecule has 0 saturated heterocycles. The number of nitrogens with zero attached hydrogens (tertiary/aromatic N) is 1. The van der Waals surface area contributed by atoms with Crippen molar-refractivity contribution in [1.29, 1.82) is 0 Å². The number of rotatable bonds is 3. The molecule has 1 unspecified atom stereocenters. The van der Waals surface area contributed by atoms with Crippen molar-refractivity contribution in [2.75, 3.05) is 6.61 Å². The van der Waals surface area contributed by atoms with E-state index in [0.29, 0.717) is 22.7 Å². The van der Waals surface area contributed by atoms with Crippen molar-refractivity contribution in [3.05, 3.63) is 11.6 Å². The number of hydrogen-bond donors (Lipinski definition) is 0. The van der Waals surface area contributed by atoms with Crippen LogP contribution in [0.15, 0.2) is 4.42 Å². The minimum absolute atomic E-state index is 0.188. The molecular formula is C9H14AsNO3. The second kappa shape index (κ2) is 4.65. The van der Waals surface area contributed by atoms with Crippen LogP contribution < -0.4 is 4.55 Å². The van der Waals surface area contributed by atoms with Crippen LogP contribution in [0, 0.1) is 0 Å². The first-order valence-corrected chi connectivity index (χ1v) is 5.70. The van der Waals surface area contributed by atoms with Crippen molar-refractivity contribution < 1.29 is 13.9 Å². The zero-order valence-corrected chi connectivity index (χ0v) is 11.0. The summed E-state index contributed by atoms with van der Waals surface area (Å²) in [5.74, 6) is 0.377. The Balaban J connectivity index is 2.92. The Morgan fingerprint density at radius 2 is 2.29 bits per heavy atom. The van der Waals surface area contributed by atoms with Crippen LogP contribution in [0.3, 0.4) is 0 Å². The summed E-state index contributed by atoms with van der Waals surface area (Å²) in [4.78, 5) is 15.5. The van der Waals surface area contributed by atoms with Crippen LogP contribution in [-0.2, 0) is 4.74 Å². The third-order valence-corrected chi connectivity index (χ3v) is 2.45. The molecule has 4 nitrogen and oxygen atoms in total. The van der Waals surface area contributed by atoms with E-state index in [1.807, 2.05) is 13.8 Å². The Labute approximate surface area is 91.5 Å². The number of carbonyl (C=O) groups excluding carboxylic acids is 1. The molecule has 0 saturated carbocycles. The summed E-state index contributed by atoms with van der Waals surface area (Å²) < 4.78 is 10.8. The molecule has 5 heteroatoms. The van der Waals surface area contributed by atoms with E-state index >= 15 is 0 Å². The van der Waals surface area contributed by atoms with Crippen molar-refractivity contribution in [2.45, 2.75) is 26.7 Å². The summed E-state index contributed by atoms with van der Waals surface area (Å²) in [6.45, 7) is 6.05. The van der Waals surface area contributed by atoms with Gasteiger partial charge in [-0.15, -0.1) is 0 Å². The van der Waals surface area contributed by atoms with Gasteiger partial charge in [-0.2, -0.15) is 0 Å². The van der Waals surface area contributed by atoms with Gasteiger partial charge < -0.3 is 0 Å². The third kappa shape index (κ3) is 2.38. The van der Waals surface area contributed by atoms with Gasteiger partial charge in [0.05, 0.1) is 0 Å². The van der Waals surface area contributed by atoms with Gasteiger partial charge >= 0.3 is 91.2 Å². The van der Waals surface area contributed by atoms with Gasteiger partial charge in [-0.1, -0.05) is 0 Å². The summed E-state index contributed by atoms with van der Waals surface area (Å²) in [5.41, 5.74) is 0.315. The molecule has 1 heterocycles. The Hall–Kier alpha value is -0.762. The molecule has 78 valence electrons. The van der Waals surface area contributed by atoms with Gasteiger partial charge in [0.1, 0.15) is 0 Å².